The monoisotopic (exact) mass is 406 g/mol. The molecule has 2 aromatic carbocycles. The number of hydrogen-bond acceptors (Lipinski definition) is 1. The van der Waals surface area contributed by atoms with Crippen molar-refractivity contribution in [2.24, 2.45) is 11.8 Å². The van der Waals surface area contributed by atoms with Crippen LogP contribution in [0.1, 0.15) is 49.7 Å². The van der Waals surface area contributed by atoms with Gasteiger partial charge in [0.05, 0.1) is 5.56 Å². The van der Waals surface area contributed by atoms with E-state index in [4.69, 9.17) is 4.42 Å². The average molecular weight is 406 g/mol. The number of benzene rings is 2. The molecular weight excluding hydrogens is 387 g/mol. The predicted molar refractivity (Wildman–Crippen MR) is 101 cm³/mol. The number of hydrogen-bond donors (Lipinski definition) is 0. The minimum Gasteiger partial charge on any atom is -0.450 e. The maximum atomic E-state index is 15.2. The highest BCUT2D eigenvalue weighted by Crippen LogP contribution is 2.43. The molecule has 2 aliphatic rings. The molecule has 0 saturated heterocycles. The SMILES string of the molecule is Fc1c(C2=CCC(CC3CC3)CC2)ccc2c1oc1c(F)c(C(F)(F)F)ccc12. The molecule has 1 saturated carbocycles. The first-order chi connectivity index (χ1) is 13.8. The van der Waals surface area contributed by atoms with Gasteiger partial charge in [0.1, 0.15) is 0 Å². The lowest BCUT2D eigenvalue weighted by Crippen LogP contribution is -2.07. The van der Waals surface area contributed by atoms with E-state index in [1.165, 1.54) is 19.3 Å². The molecule has 0 spiro atoms. The summed E-state index contributed by atoms with van der Waals surface area (Å²) in [6.07, 6.45) is 3.75. The van der Waals surface area contributed by atoms with Crippen molar-refractivity contribution in [1.82, 2.24) is 0 Å². The van der Waals surface area contributed by atoms with Gasteiger partial charge in [-0.3, -0.25) is 0 Å². The van der Waals surface area contributed by atoms with E-state index < -0.39 is 29.0 Å². The fraction of sp³-hybridized carbons (Fsp3) is 0.391. The van der Waals surface area contributed by atoms with Crippen molar-refractivity contribution in [3.05, 3.63) is 53.1 Å². The Bertz CT molecular complexity index is 1130. The number of halogens is 5. The molecule has 1 heterocycles. The van der Waals surface area contributed by atoms with Crippen LogP contribution in [0.4, 0.5) is 22.0 Å². The highest BCUT2D eigenvalue weighted by molar-refractivity contribution is 6.06. The summed E-state index contributed by atoms with van der Waals surface area (Å²) >= 11 is 0. The highest BCUT2D eigenvalue weighted by atomic mass is 19.4. The lowest BCUT2D eigenvalue weighted by Gasteiger charge is -2.22. The second-order valence-electron chi connectivity index (χ2n) is 8.26. The zero-order chi connectivity index (χ0) is 20.3. The summed E-state index contributed by atoms with van der Waals surface area (Å²) in [4.78, 5) is 0. The van der Waals surface area contributed by atoms with Crippen LogP contribution in [0.2, 0.25) is 0 Å². The van der Waals surface area contributed by atoms with Gasteiger partial charge in [-0.25, -0.2) is 8.78 Å². The van der Waals surface area contributed by atoms with E-state index in [0.29, 0.717) is 17.5 Å². The van der Waals surface area contributed by atoms with Crippen LogP contribution in [0.3, 0.4) is 0 Å². The van der Waals surface area contributed by atoms with Crippen molar-refractivity contribution in [3.8, 4) is 0 Å². The first-order valence-corrected chi connectivity index (χ1v) is 9.92. The largest absolute Gasteiger partial charge is 0.450 e. The van der Waals surface area contributed by atoms with Gasteiger partial charge in [0.2, 0.25) is 0 Å². The number of alkyl halides is 3. The minimum atomic E-state index is -4.84. The Hall–Kier alpha value is -2.37. The number of fused-ring (bicyclic) bond motifs is 3. The molecule has 0 N–H and O–H groups in total. The highest BCUT2D eigenvalue weighted by Gasteiger charge is 2.36. The smallest absolute Gasteiger partial charge is 0.419 e. The molecule has 5 rings (SSSR count). The molecule has 29 heavy (non-hydrogen) atoms. The van der Waals surface area contributed by atoms with Crippen molar-refractivity contribution in [1.29, 1.82) is 0 Å². The van der Waals surface area contributed by atoms with Crippen LogP contribution in [0.15, 0.2) is 34.8 Å². The Balaban J connectivity index is 1.55. The summed E-state index contributed by atoms with van der Waals surface area (Å²) in [6, 6.07) is 5.02. The molecule has 0 amide bonds. The van der Waals surface area contributed by atoms with Gasteiger partial charge in [-0.15, -0.1) is 0 Å². The molecular formula is C23H19F5O. The molecule has 2 aliphatic carbocycles. The summed E-state index contributed by atoms with van der Waals surface area (Å²) in [5.74, 6) is -0.653. The second-order valence-corrected chi connectivity index (χ2v) is 8.26. The van der Waals surface area contributed by atoms with E-state index in [0.717, 1.165) is 36.8 Å². The normalized spacial score (nSPS) is 20.4. The zero-order valence-corrected chi connectivity index (χ0v) is 15.6. The molecule has 1 nitrogen and oxygen atoms in total. The molecule has 3 aromatic rings. The summed E-state index contributed by atoms with van der Waals surface area (Å²) in [6.45, 7) is 0. The molecule has 152 valence electrons. The van der Waals surface area contributed by atoms with Gasteiger partial charge in [0.15, 0.2) is 22.8 Å². The average Bonchev–Trinajstić information content (AvgIpc) is 3.40. The molecule has 1 atom stereocenters. The Morgan fingerprint density at radius 2 is 1.55 bits per heavy atom. The van der Waals surface area contributed by atoms with Crippen molar-refractivity contribution >= 4 is 27.5 Å². The lowest BCUT2D eigenvalue weighted by molar-refractivity contribution is -0.139. The third-order valence-corrected chi connectivity index (χ3v) is 6.22. The molecule has 6 heteroatoms. The van der Waals surface area contributed by atoms with Crippen LogP contribution in [0.25, 0.3) is 27.5 Å². The van der Waals surface area contributed by atoms with Gasteiger partial charge in [-0.05, 0) is 61.3 Å². The minimum absolute atomic E-state index is 0.137. The van der Waals surface area contributed by atoms with Crippen molar-refractivity contribution in [2.45, 2.75) is 44.7 Å². The van der Waals surface area contributed by atoms with Gasteiger partial charge in [-0.2, -0.15) is 13.2 Å². The standard InChI is InChI=1S/C23H19F5O/c24-19-15(14-5-3-13(4-6-14)11-12-1-2-12)7-8-16-17-9-10-18(23(26,27)28)20(25)22(17)29-21(16)19/h5,7-10,12-13H,1-4,6,11H2. The van der Waals surface area contributed by atoms with Crippen LogP contribution in [-0.2, 0) is 6.18 Å². The van der Waals surface area contributed by atoms with Gasteiger partial charge >= 0.3 is 6.18 Å². The molecule has 1 fully saturated rings. The summed E-state index contributed by atoms with van der Waals surface area (Å²) in [7, 11) is 0. The van der Waals surface area contributed by atoms with Gasteiger partial charge in [0, 0.05) is 16.3 Å². The van der Waals surface area contributed by atoms with Crippen LogP contribution < -0.4 is 0 Å². The quantitative estimate of drug-likeness (QED) is 0.404. The first kappa shape index (κ1) is 18.6. The number of allylic oxidation sites excluding steroid dienone is 2. The zero-order valence-electron chi connectivity index (χ0n) is 15.6. The van der Waals surface area contributed by atoms with E-state index in [1.54, 1.807) is 12.1 Å². The summed E-state index contributed by atoms with van der Waals surface area (Å²) in [5.41, 5.74) is -0.905. The van der Waals surface area contributed by atoms with Crippen LogP contribution in [0.5, 0.6) is 0 Å². The van der Waals surface area contributed by atoms with E-state index >= 15 is 4.39 Å². The predicted octanol–water partition coefficient (Wildman–Crippen LogP) is 7.87. The lowest BCUT2D eigenvalue weighted by atomic mass is 9.83. The summed E-state index contributed by atoms with van der Waals surface area (Å²) < 4.78 is 73.8. The third-order valence-electron chi connectivity index (χ3n) is 6.22. The van der Waals surface area contributed by atoms with Crippen LogP contribution in [-0.4, -0.2) is 0 Å². The Morgan fingerprint density at radius 3 is 2.17 bits per heavy atom. The first-order valence-electron chi connectivity index (χ1n) is 9.92. The number of rotatable bonds is 3. The fourth-order valence-corrected chi connectivity index (χ4v) is 4.48. The Morgan fingerprint density at radius 1 is 0.862 bits per heavy atom. The molecule has 0 aliphatic heterocycles. The van der Waals surface area contributed by atoms with Gasteiger partial charge in [-0.1, -0.05) is 25.0 Å². The summed E-state index contributed by atoms with van der Waals surface area (Å²) in [5, 5.41) is 0.412. The van der Waals surface area contributed by atoms with E-state index in [-0.39, 0.29) is 16.4 Å². The van der Waals surface area contributed by atoms with Crippen LogP contribution >= 0.6 is 0 Å². The van der Waals surface area contributed by atoms with Gasteiger partial charge < -0.3 is 4.42 Å². The van der Waals surface area contributed by atoms with Gasteiger partial charge in [0.25, 0.3) is 0 Å². The molecule has 0 radical (unpaired) electrons. The van der Waals surface area contributed by atoms with Crippen molar-refractivity contribution < 1.29 is 26.4 Å². The van der Waals surface area contributed by atoms with E-state index in [1.807, 2.05) is 0 Å². The van der Waals surface area contributed by atoms with Crippen molar-refractivity contribution in [2.75, 3.05) is 0 Å². The van der Waals surface area contributed by atoms with E-state index in [9.17, 15) is 17.6 Å². The van der Waals surface area contributed by atoms with Crippen molar-refractivity contribution in [3.63, 3.8) is 0 Å². The maximum absolute atomic E-state index is 15.2. The molecule has 1 unspecified atom stereocenters. The van der Waals surface area contributed by atoms with E-state index in [2.05, 4.69) is 6.08 Å². The van der Waals surface area contributed by atoms with Crippen LogP contribution in [0, 0.1) is 23.5 Å². The third kappa shape index (κ3) is 3.22. The Kier molecular flexibility index (Phi) is 4.23. The fourth-order valence-electron chi connectivity index (χ4n) is 4.48. The Labute approximate surface area is 164 Å². The number of furan rings is 1. The molecule has 1 aromatic heterocycles. The molecule has 0 bridgehead atoms. The topological polar surface area (TPSA) is 13.1 Å². The second kappa shape index (κ2) is 6.57. The maximum Gasteiger partial charge on any atom is 0.419 e.